The number of hydrogen-bond acceptors (Lipinski definition) is 7. The zero-order valence-electron chi connectivity index (χ0n) is 14.1. The maximum Gasteiger partial charge on any atom is 0.267 e. The number of nitrogens with zero attached hydrogens (tertiary/aromatic N) is 2. The van der Waals surface area contributed by atoms with Crippen molar-refractivity contribution in [1.82, 2.24) is 4.90 Å². The van der Waals surface area contributed by atoms with Gasteiger partial charge in [0.1, 0.15) is 4.32 Å². The first-order valence-corrected chi connectivity index (χ1v) is 10.4. The average molecular weight is 408 g/mol. The van der Waals surface area contributed by atoms with E-state index in [1.165, 1.54) is 16.7 Å². The Morgan fingerprint density at radius 2 is 2.00 bits per heavy atom. The van der Waals surface area contributed by atoms with E-state index in [1.54, 1.807) is 25.2 Å². The van der Waals surface area contributed by atoms with Crippen molar-refractivity contribution >= 4 is 69.1 Å². The minimum Gasteiger partial charge on any atom is -0.548 e. The molecule has 1 aromatic rings. The number of rotatable bonds is 5. The monoisotopic (exact) mass is 407 g/mol. The lowest BCUT2D eigenvalue weighted by atomic mass is 10.1. The second kappa shape index (κ2) is 7.42. The molecule has 1 atom stereocenters. The molecule has 0 aliphatic carbocycles. The van der Waals surface area contributed by atoms with Crippen LogP contribution in [-0.4, -0.2) is 52.1 Å². The molecule has 9 heteroatoms. The highest BCUT2D eigenvalue weighted by Gasteiger charge is 2.43. The van der Waals surface area contributed by atoms with Gasteiger partial charge in [-0.3, -0.25) is 14.5 Å². The fourth-order valence-corrected chi connectivity index (χ4v) is 4.86. The van der Waals surface area contributed by atoms with Crippen LogP contribution < -0.4 is 10.0 Å². The van der Waals surface area contributed by atoms with Crippen LogP contribution in [0.2, 0.25) is 0 Å². The SMILES string of the molecule is CSCC[C@@H](C(=O)[O-])N1C(=O)/C(=C2/C(=O)N(C)c3ccccc32)SC1=S. The number of benzene rings is 1. The molecular weight excluding hydrogens is 392 g/mol. The Balaban J connectivity index is 2.05. The fraction of sp³-hybridized carbons (Fsp3) is 0.294. The van der Waals surface area contributed by atoms with Crippen molar-refractivity contribution in [2.75, 3.05) is 24.0 Å². The van der Waals surface area contributed by atoms with Crippen LogP contribution in [0.5, 0.6) is 0 Å². The summed E-state index contributed by atoms with van der Waals surface area (Å²) in [6.07, 6.45) is 2.07. The van der Waals surface area contributed by atoms with E-state index in [4.69, 9.17) is 12.2 Å². The van der Waals surface area contributed by atoms with Crippen molar-refractivity contribution in [3.63, 3.8) is 0 Å². The molecule has 2 amide bonds. The van der Waals surface area contributed by atoms with Crippen molar-refractivity contribution in [2.24, 2.45) is 0 Å². The number of carboxylic acids is 1. The van der Waals surface area contributed by atoms with Gasteiger partial charge in [-0.25, -0.2) is 0 Å². The van der Waals surface area contributed by atoms with Crippen molar-refractivity contribution in [1.29, 1.82) is 0 Å². The first kappa shape index (κ1) is 18.9. The normalized spacial score (nSPS) is 20.8. The first-order chi connectivity index (χ1) is 12.4. The molecule has 0 radical (unpaired) electrons. The number of likely N-dealkylation sites (N-methyl/N-ethyl adjacent to an activating group) is 1. The Morgan fingerprint density at radius 1 is 1.31 bits per heavy atom. The molecule has 26 heavy (non-hydrogen) atoms. The molecular formula is C17H15N2O4S3-. The molecule has 2 aliphatic rings. The zero-order valence-corrected chi connectivity index (χ0v) is 16.5. The third-order valence-corrected chi connectivity index (χ3v) is 6.30. The summed E-state index contributed by atoms with van der Waals surface area (Å²) in [5.74, 6) is -1.66. The largest absolute Gasteiger partial charge is 0.548 e. The zero-order chi connectivity index (χ0) is 19.0. The van der Waals surface area contributed by atoms with Crippen LogP contribution in [0.15, 0.2) is 29.2 Å². The molecule has 0 N–H and O–H groups in total. The Morgan fingerprint density at radius 3 is 2.65 bits per heavy atom. The minimum absolute atomic E-state index is 0.132. The van der Waals surface area contributed by atoms with E-state index in [0.717, 1.165) is 16.7 Å². The van der Waals surface area contributed by atoms with Crippen LogP contribution in [0, 0.1) is 0 Å². The number of thioether (sulfide) groups is 2. The van der Waals surface area contributed by atoms with E-state index in [1.807, 2.05) is 12.3 Å². The molecule has 2 aliphatic heterocycles. The molecule has 0 bridgehead atoms. The highest BCUT2D eigenvalue weighted by Crippen LogP contribution is 2.44. The summed E-state index contributed by atoms with van der Waals surface area (Å²) in [5.41, 5.74) is 1.62. The predicted molar refractivity (Wildman–Crippen MR) is 106 cm³/mol. The molecule has 6 nitrogen and oxygen atoms in total. The van der Waals surface area contributed by atoms with Crippen LogP contribution in [-0.2, 0) is 14.4 Å². The summed E-state index contributed by atoms with van der Waals surface area (Å²) >= 11 is 7.70. The van der Waals surface area contributed by atoms with Crippen LogP contribution in [0.25, 0.3) is 5.57 Å². The third kappa shape index (κ3) is 3.04. The fourth-order valence-electron chi connectivity index (χ4n) is 2.97. The molecule has 3 rings (SSSR count). The van der Waals surface area contributed by atoms with Gasteiger partial charge in [0, 0.05) is 12.6 Å². The summed E-state index contributed by atoms with van der Waals surface area (Å²) in [4.78, 5) is 39.9. The number of carbonyl (C=O) groups excluding carboxylic acids is 3. The van der Waals surface area contributed by atoms with E-state index in [-0.39, 0.29) is 27.1 Å². The highest BCUT2D eigenvalue weighted by atomic mass is 32.2. The number of amides is 2. The van der Waals surface area contributed by atoms with Crippen molar-refractivity contribution in [3.8, 4) is 0 Å². The van der Waals surface area contributed by atoms with E-state index < -0.39 is 17.9 Å². The molecule has 0 saturated carbocycles. The molecule has 0 aromatic heterocycles. The van der Waals surface area contributed by atoms with Gasteiger partial charge in [0.15, 0.2) is 0 Å². The second-order valence-corrected chi connectivity index (χ2v) is 8.37. The first-order valence-electron chi connectivity index (χ1n) is 7.75. The molecule has 1 fully saturated rings. The number of thiocarbonyl (C=S) groups is 1. The topological polar surface area (TPSA) is 80.7 Å². The number of aliphatic carboxylic acids is 1. The molecule has 2 heterocycles. The number of para-hydroxylation sites is 1. The summed E-state index contributed by atoms with van der Waals surface area (Å²) in [6.45, 7) is 0. The van der Waals surface area contributed by atoms with Gasteiger partial charge in [-0.15, -0.1) is 0 Å². The van der Waals surface area contributed by atoms with Gasteiger partial charge in [0.25, 0.3) is 11.8 Å². The van der Waals surface area contributed by atoms with Crippen LogP contribution in [0.1, 0.15) is 12.0 Å². The van der Waals surface area contributed by atoms with Crippen LogP contribution in [0.3, 0.4) is 0 Å². The van der Waals surface area contributed by atoms with Crippen LogP contribution >= 0.6 is 35.7 Å². The molecule has 1 saturated heterocycles. The predicted octanol–water partition coefficient (Wildman–Crippen LogP) is 1.11. The van der Waals surface area contributed by atoms with Gasteiger partial charge in [0.2, 0.25) is 0 Å². The molecule has 0 unspecified atom stereocenters. The van der Waals surface area contributed by atoms with Crippen LogP contribution in [0.4, 0.5) is 5.69 Å². The molecule has 1 aromatic carbocycles. The molecule has 0 spiro atoms. The minimum atomic E-state index is -1.35. The Bertz CT molecular complexity index is 852. The Hall–Kier alpha value is -1.84. The van der Waals surface area contributed by atoms with Gasteiger partial charge in [0.05, 0.1) is 28.2 Å². The smallest absolute Gasteiger partial charge is 0.267 e. The Labute approximate surface area is 164 Å². The quantitative estimate of drug-likeness (QED) is 0.534. The average Bonchev–Trinajstić information content (AvgIpc) is 3.03. The molecule has 136 valence electrons. The van der Waals surface area contributed by atoms with Gasteiger partial charge in [-0.1, -0.05) is 42.2 Å². The van der Waals surface area contributed by atoms with Gasteiger partial charge >= 0.3 is 0 Å². The number of hydrogen-bond donors (Lipinski definition) is 0. The maximum absolute atomic E-state index is 13.0. The summed E-state index contributed by atoms with van der Waals surface area (Å²) in [7, 11) is 1.64. The number of anilines is 1. The van der Waals surface area contributed by atoms with E-state index in [0.29, 0.717) is 17.0 Å². The lowest BCUT2D eigenvalue weighted by molar-refractivity contribution is -0.310. The van der Waals surface area contributed by atoms with Crippen molar-refractivity contribution in [2.45, 2.75) is 12.5 Å². The number of carbonyl (C=O) groups is 3. The van der Waals surface area contributed by atoms with Gasteiger partial charge < -0.3 is 14.8 Å². The number of carboxylic acid groups (broad SMARTS) is 1. The summed E-state index contributed by atoms with van der Waals surface area (Å²) < 4.78 is 0.132. The van der Waals surface area contributed by atoms with E-state index in [2.05, 4.69) is 0 Å². The number of fused-ring (bicyclic) bond motifs is 1. The van der Waals surface area contributed by atoms with Gasteiger partial charge in [-0.05, 0) is 24.5 Å². The standard InChI is InChI=1S/C17H16N2O4S3/c1-18-10-6-4-3-5-9(10)12(14(18)20)13-15(21)19(17(24)26-13)11(16(22)23)7-8-25-2/h3-6,11H,7-8H2,1-2H3,(H,22,23)/p-1/b13-12-/t11-/m0/s1. The third-order valence-electron chi connectivity index (χ3n) is 4.26. The maximum atomic E-state index is 13.0. The van der Waals surface area contributed by atoms with Crippen molar-refractivity contribution < 1.29 is 19.5 Å². The van der Waals surface area contributed by atoms with Gasteiger partial charge in [-0.2, -0.15) is 11.8 Å². The lowest BCUT2D eigenvalue weighted by Crippen LogP contribution is -2.50. The Kier molecular flexibility index (Phi) is 5.40. The van der Waals surface area contributed by atoms with E-state index in [9.17, 15) is 19.5 Å². The van der Waals surface area contributed by atoms with Crippen molar-refractivity contribution in [3.05, 3.63) is 34.7 Å². The summed E-state index contributed by atoms with van der Waals surface area (Å²) in [5, 5.41) is 11.6. The summed E-state index contributed by atoms with van der Waals surface area (Å²) in [6, 6.07) is 6.02. The highest BCUT2D eigenvalue weighted by molar-refractivity contribution is 8.26. The lowest BCUT2D eigenvalue weighted by Gasteiger charge is -2.27. The second-order valence-electron chi connectivity index (χ2n) is 5.74. The van der Waals surface area contributed by atoms with E-state index >= 15 is 0 Å².